The van der Waals surface area contributed by atoms with Crippen molar-refractivity contribution in [1.82, 2.24) is 9.88 Å². The van der Waals surface area contributed by atoms with Gasteiger partial charge in [0.25, 0.3) is 0 Å². The van der Waals surface area contributed by atoms with Crippen molar-refractivity contribution >= 4 is 17.2 Å². The molecule has 1 aromatic heterocycles. The molecule has 2 aliphatic rings. The number of rotatable bonds is 3. The van der Waals surface area contributed by atoms with Crippen LogP contribution in [0.25, 0.3) is 0 Å². The number of aryl methyl sites for hydroxylation is 1. The zero-order valence-electron chi connectivity index (χ0n) is 13.2. The molecule has 0 spiro atoms. The lowest BCUT2D eigenvalue weighted by Crippen LogP contribution is -2.53. The number of aromatic nitrogens is 1. The standard InChI is InChI=1S/C16H25N3O2S/c1-12-10-22-14(18-12)13-3-2-6-19(9-13)15(20)16(11-17)4-7-21-8-5-16/h10,13H,2-9,11,17H2,1H3. The fourth-order valence-corrected chi connectivity index (χ4v) is 4.45. The Kier molecular flexibility index (Phi) is 4.80. The summed E-state index contributed by atoms with van der Waals surface area (Å²) < 4.78 is 5.42. The molecule has 3 heterocycles. The van der Waals surface area contributed by atoms with Gasteiger partial charge in [-0.3, -0.25) is 4.79 Å². The molecule has 0 radical (unpaired) electrons. The summed E-state index contributed by atoms with van der Waals surface area (Å²) in [5, 5.41) is 3.26. The van der Waals surface area contributed by atoms with Crippen LogP contribution in [-0.4, -0.2) is 48.6 Å². The van der Waals surface area contributed by atoms with E-state index in [1.54, 1.807) is 11.3 Å². The number of ether oxygens (including phenoxy) is 1. The highest BCUT2D eigenvalue weighted by Crippen LogP contribution is 2.35. The number of likely N-dealkylation sites (tertiary alicyclic amines) is 1. The first-order valence-corrected chi connectivity index (χ1v) is 9.02. The van der Waals surface area contributed by atoms with Crippen LogP contribution >= 0.6 is 11.3 Å². The monoisotopic (exact) mass is 323 g/mol. The number of hydrogen-bond acceptors (Lipinski definition) is 5. The predicted molar refractivity (Wildman–Crippen MR) is 86.9 cm³/mol. The van der Waals surface area contributed by atoms with E-state index in [9.17, 15) is 4.79 Å². The molecule has 0 saturated carbocycles. The van der Waals surface area contributed by atoms with Crippen LogP contribution in [-0.2, 0) is 9.53 Å². The van der Waals surface area contributed by atoms with Crippen molar-refractivity contribution in [3.63, 3.8) is 0 Å². The molecular formula is C16H25N3O2S. The minimum atomic E-state index is -0.404. The number of thiazole rings is 1. The maximum atomic E-state index is 13.1. The Morgan fingerprint density at radius 1 is 1.55 bits per heavy atom. The van der Waals surface area contributed by atoms with Crippen LogP contribution in [0, 0.1) is 12.3 Å². The van der Waals surface area contributed by atoms with Gasteiger partial charge in [0.1, 0.15) is 0 Å². The summed E-state index contributed by atoms with van der Waals surface area (Å²) in [6.07, 6.45) is 3.67. The van der Waals surface area contributed by atoms with Crippen molar-refractivity contribution in [1.29, 1.82) is 0 Å². The van der Waals surface area contributed by atoms with E-state index in [0.717, 1.165) is 44.5 Å². The van der Waals surface area contributed by atoms with Crippen molar-refractivity contribution in [2.24, 2.45) is 11.1 Å². The van der Waals surface area contributed by atoms with Gasteiger partial charge in [0.05, 0.1) is 10.4 Å². The molecule has 22 heavy (non-hydrogen) atoms. The molecule has 3 rings (SSSR count). The molecule has 2 saturated heterocycles. The topological polar surface area (TPSA) is 68.5 Å². The minimum Gasteiger partial charge on any atom is -0.381 e. The largest absolute Gasteiger partial charge is 0.381 e. The maximum Gasteiger partial charge on any atom is 0.230 e. The Hall–Kier alpha value is -0.980. The Bertz CT molecular complexity index is 525. The number of hydrogen-bond donors (Lipinski definition) is 1. The molecule has 2 fully saturated rings. The highest BCUT2D eigenvalue weighted by molar-refractivity contribution is 7.09. The molecule has 0 aliphatic carbocycles. The van der Waals surface area contributed by atoms with Crippen molar-refractivity contribution in [3.05, 3.63) is 16.1 Å². The summed E-state index contributed by atoms with van der Waals surface area (Å²) in [5.74, 6) is 0.613. The van der Waals surface area contributed by atoms with Crippen molar-refractivity contribution in [2.75, 3.05) is 32.8 Å². The summed E-state index contributed by atoms with van der Waals surface area (Å²) in [4.78, 5) is 19.7. The van der Waals surface area contributed by atoms with Gasteiger partial charge in [-0.05, 0) is 32.6 Å². The van der Waals surface area contributed by atoms with E-state index < -0.39 is 5.41 Å². The second-order valence-electron chi connectivity index (χ2n) is 6.51. The highest BCUT2D eigenvalue weighted by Gasteiger charge is 2.42. The number of carbonyl (C=O) groups excluding carboxylic acids is 1. The van der Waals surface area contributed by atoms with E-state index >= 15 is 0 Å². The van der Waals surface area contributed by atoms with Gasteiger partial charge in [-0.15, -0.1) is 11.3 Å². The van der Waals surface area contributed by atoms with Gasteiger partial charge in [0.15, 0.2) is 0 Å². The quantitative estimate of drug-likeness (QED) is 0.922. The van der Waals surface area contributed by atoms with Gasteiger partial charge in [0.2, 0.25) is 5.91 Å². The third-order valence-corrected chi connectivity index (χ3v) is 6.11. The smallest absolute Gasteiger partial charge is 0.230 e. The molecule has 0 bridgehead atoms. The molecule has 5 nitrogen and oxygen atoms in total. The molecule has 2 N–H and O–H groups in total. The summed E-state index contributed by atoms with van der Waals surface area (Å²) in [5.41, 5.74) is 6.65. The molecule has 0 aromatic carbocycles. The van der Waals surface area contributed by atoms with E-state index in [2.05, 4.69) is 10.4 Å². The van der Waals surface area contributed by atoms with E-state index in [1.165, 1.54) is 5.01 Å². The Morgan fingerprint density at radius 3 is 2.95 bits per heavy atom. The Morgan fingerprint density at radius 2 is 2.32 bits per heavy atom. The molecule has 1 amide bonds. The zero-order chi connectivity index (χ0) is 15.6. The second-order valence-corrected chi connectivity index (χ2v) is 7.40. The van der Waals surface area contributed by atoms with Crippen LogP contribution in [0.3, 0.4) is 0 Å². The molecule has 122 valence electrons. The van der Waals surface area contributed by atoms with Crippen LogP contribution in [0.4, 0.5) is 0 Å². The van der Waals surface area contributed by atoms with Gasteiger partial charge < -0.3 is 15.4 Å². The summed E-state index contributed by atoms with van der Waals surface area (Å²) >= 11 is 1.72. The van der Waals surface area contributed by atoms with Gasteiger partial charge in [-0.2, -0.15) is 0 Å². The summed E-state index contributed by atoms with van der Waals surface area (Å²) in [6, 6.07) is 0. The van der Waals surface area contributed by atoms with Crippen LogP contribution < -0.4 is 5.73 Å². The number of nitrogens with two attached hydrogens (primary N) is 1. The van der Waals surface area contributed by atoms with Crippen molar-refractivity contribution in [2.45, 2.75) is 38.5 Å². The van der Waals surface area contributed by atoms with Gasteiger partial charge in [-0.1, -0.05) is 0 Å². The van der Waals surface area contributed by atoms with Crippen LogP contribution in [0.1, 0.15) is 42.3 Å². The first kappa shape index (κ1) is 15.9. The van der Waals surface area contributed by atoms with Gasteiger partial charge in [0, 0.05) is 49.8 Å². The van der Waals surface area contributed by atoms with Crippen LogP contribution in [0.2, 0.25) is 0 Å². The lowest BCUT2D eigenvalue weighted by Gasteiger charge is -2.41. The van der Waals surface area contributed by atoms with Gasteiger partial charge >= 0.3 is 0 Å². The highest BCUT2D eigenvalue weighted by atomic mass is 32.1. The summed E-state index contributed by atoms with van der Waals surface area (Å²) in [7, 11) is 0. The fraction of sp³-hybridized carbons (Fsp3) is 0.750. The average molecular weight is 323 g/mol. The average Bonchev–Trinajstić information content (AvgIpc) is 3.01. The SMILES string of the molecule is Cc1csc(C2CCCN(C(=O)C3(CN)CCOCC3)C2)n1. The van der Waals surface area contributed by atoms with E-state index in [-0.39, 0.29) is 5.91 Å². The maximum absolute atomic E-state index is 13.1. The zero-order valence-corrected chi connectivity index (χ0v) is 14.0. The Balaban J connectivity index is 1.72. The van der Waals surface area contributed by atoms with E-state index in [1.807, 2.05) is 11.8 Å². The third kappa shape index (κ3) is 3.05. The molecular weight excluding hydrogens is 298 g/mol. The number of nitrogens with zero attached hydrogens (tertiary/aromatic N) is 2. The van der Waals surface area contributed by atoms with Crippen molar-refractivity contribution < 1.29 is 9.53 Å². The normalized spacial score (nSPS) is 25.2. The molecule has 1 atom stereocenters. The molecule has 2 aliphatic heterocycles. The van der Waals surface area contributed by atoms with E-state index in [4.69, 9.17) is 10.5 Å². The predicted octanol–water partition coefficient (Wildman–Crippen LogP) is 1.91. The third-order valence-electron chi connectivity index (χ3n) is 4.99. The number of carbonyl (C=O) groups is 1. The first-order valence-electron chi connectivity index (χ1n) is 8.14. The fourth-order valence-electron chi connectivity index (χ4n) is 3.53. The minimum absolute atomic E-state index is 0.233. The van der Waals surface area contributed by atoms with Crippen molar-refractivity contribution in [3.8, 4) is 0 Å². The molecule has 6 heteroatoms. The lowest BCUT2D eigenvalue weighted by atomic mass is 9.78. The van der Waals surface area contributed by atoms with Gasteiger partial charge in [-0.25, -0.2) is 4.98 Å². The summed E-state index contributed by atoms with van der Waals surface area (Å²) in [6.45, 7) is 5.37. The first-order chi connectivity index (χ1) is 10.6. The Labute approximate surface area is 135 Å². The second kappa shape index (κ2) is 6.64. The number of piperidine rings is 1. The van der Waals surface area contributed by atoms with Crippen LogP contribution in [0.5, 0.6) is 0 Å². The number of amides is 1. The molecule has 1 unspecified atom stereocenters. The van der Waals surface area contributed by atoms with Crippen LogP contribution in [0.15, 0.2) is 5.38 Å². The van der Waals surface area contributed by atoms with E-state index in [0.29, 0.717) is 25.7 Å². The molecule has 1 aromatic rings. The lowest BCUT2D eigenvalue weighted by molar-refractivity contribution is -0.148.